The zero-order valence-corrected chi connectivity index (χ0v) is 5.76. The molecule has 0 aliphatic carbocycles. The monoisotopic (exact) mass is 145 g/mol. The van der Waals surface area contributed by atoms with Crippen LogP contribution in [0, 0.1) is 0 Å². The van der Waals surface area contributed by atoms with Gasteiger partial charge in [0.25, 0.3) is 0 Å². The third-order valence-electron chi connectivity index (χ3n) is 0.283. The van der Waals surface area contributed by atoms with E-state index in [1.807, 2.05) is 0 Å². The van der Waals surface area contributed by atoms with Gasteiger partial charge in [-0.1, -0.05) is 12.2 Å². The summed E-state index contributed by atoms with van der Waals surface area (Å²) in [4.78, 5) is 0.500. The molecule has 0 saturated heterocycles. The molecule has 0 unspecified atom stereocenters. The Bertz CT molecular complexity index is 130. The second kappa shape index (κ2) is 5.17. The van der Waals surface area contributed by atoms with Crippen LogP contribution in [0.3, 0.4) is 0 Å². The lowest BCUT2D eigenvalue weighted by Crippen LogP contribution is -1.98. The molecule has 5 heteroatoms. The van der Waals surface area contributed by atoms with E-state index in [9.17, 15) is 0 Å². The van der Waals surface area contributed by atoms with E-state index in [1.165, 1.54) is 12.8 Å². The first-order valence-corrected chi connectivity index (χ1v) is 2.59. The van der Waals surface area contributed by atoms with Gasteiger partial charge in [-0.3, -0.25) is 0 Å². The van der Waals surface area contributed by atoms with Crippen molar-refractivity contribution in [3.63, 3.8) is 0 Å². The first-order chi connectivity index (χ1) is 4.23. The lowest BCUT2D eigenvalue weighted by Gasteiger charge is -1.65. The highest BCUT2D eigenvalue weighted by Crippen LogP contribution is 1.64. The van der Waals surface area contributed by atoms with Crippen LogP contribution in [0.5, 0.6) is 0 Å². The molecular weight excluding hydrogens is 138 g/mol. The smallest absolute Gasteiger partial charge is 0.203 e. The zero-order chi connectivity index (χ0) is 7.11. The average molecular weight is 145 g/mol. The minimum Gasteiger partial charge on any atom is -0.431 e. The van der Waals surface area contributed by atoms with Crippen LogP contribution in [0.2, 0.25) is 0 Å². The molecule has 1 aromatic rings. The van der Waals surface area contributed by atoms with Gasteiger partial charge in [-0.2, -0.15) is 0 Å². The van der Waals surface area contributed by atoms with Crippen LogP contribution in [-0.2, 0) is 0 Å². The van der Waals surface area contributed by atoms with Gasteiger partial charge in [0.05, 0.1) is 4.99 Å². The SMILES string of the molecule is CC(N)=S.c1nnco1. The van der Waals surface area contributed by atoms with E-state index < -0.39 is 0 Å². The molecule has 4 nitrogen and oxygen atoms in total. The molecule has 0 aromatic carbocycles. The maximum atomic E-state index is 4.84. The Morgan fingerprint density at radius 1 is 1.56 bits per heavy atom. The Morgan fingerprint density at radius 3 is 2.00 bits per heavy atom. The molecule has 50 valence electrons. The third-order valence-corrected chi connectivity index (χ3v) is 0.283. The molecule has 0 bridgehead atoms. The molecule has 1 heterocycles. The summed E-state index contributed by atoms with van der Waals surface area (Å²) in [7, 11) is 0. The summed E-state index contributed by atoms with van der Waals surface area (Å²) in [6, 6.07) is 0. The van der Waals surface area contributed by atoms with Gasteiger partial charge >= 0.3 is 0 Å². The van der Waals surface area contributed by atoms with Crippen molar-refractivity contribution >= 4 is 17.2 Å². The summed E-state index contributed by atoms with van der Waals surface area (Å²) in [5, 5.41) is 6.61. The highest BCUT2D eigenvalue weighted by molar-refractivity contribution is 7.80. The van der Waals surface area contributed by atoms with Gasteiger partial charge < -0.3 is 10.2 Å². The minimum absolute atomic E-state index is 0.500. The molecule has 1 rings (SSSR count). The largest absolute Gasteiger partial charge is 0.431 e. The van der Waals surface area contributed by atoms with E-state index in [4.69, 9.17) is 5.73 Å². The maximum Gasteiger partial charge on any atom is 0.203 e. The molecule has 9 heavy (non-hydrogen) atoms. The quantitative estimate of drug-likeness (QED) is 0.534. The predicted molar refractivity (Wildman–Crippen MR) is 36.8 cm³/mol. The van der Waals surface area contributed by atoms with E-state index in [0.29, 0.717) is 4.99 Å². The van der Waals surface area contributed by atoms with Crippen LogP contribution < -0.4 is 5.73 Å². The van der Waals surface area contributed by atoms with Crippen molar-refractivity contribution in [2.75, 3.05) is 0 Å². The van der Waals surface area contributed by atoms with Crippen molar-refractivity contribution in [3.8, 4) is 0 Å². The highest BCUT2D eigenvalue weighted by atomic mass is 32.1. The van der Waals surface area contributed by atoms with Crippen LogP contribution in [0.25, 0.3) is 0 Å². The molecule has 0 amide bonds. The van der Waals surface area contributed by atoms with Crippen molar-refractivity contribution in [3.05, 3.63) is 12.8 Å². The van der Waals surface area contributed by atoms with E-state index in [2.05, 4.69) is 26.8 Å². The van der Waals surface area contributed by atoms with Crippen molar-refractivity contribution in [2.24, 2.45) is 5.73 Å². The van der Waals surface area contributed by atoms with Crippen LogP contribution in [0.1, 0.15) is 6.92 Å². The van der Waals surface area contributed by atoms with Crippen LogP contribution in [0.15, 0.2) is 17.2 Å². The molecule has 0 spiro atoms. The summed E-state index contributed by atoms with van der Waals surface area (Å²) in [5.74, 6) is 0. The number of aromatic nitrogens is 2. The molecular formula is C4H7N3OS. The maximum absolute atomic E-state index is 4.84. The second-order valence-electron chi connectivity index (χ2n) is 1.19. The van der Waals surface area contributed by atoms with E-state index in [0.717, 1.165) is 0 Å². The number of thiocarbonyl (C=S) groups is 1. The van der Waals surface area contributed by atoms with Gasteiger partial charge in [-0.05, 0) is 6.92 Å². The molecule has 0 saturated carbocycles. The summed E-state index contributed by atoms with van der Waals surface area (Å²) in [5.41, 5.74) is 4.84. The Kier molecular flexibility index (Phi) is 4.61. The fourth-order valence-corrected chi connectivity index (χ4v) is 0.136. The predicted octanol–water partition coefficient (Wildman–Crippen LogP) is 0.362. The Labute approximate surface area is 58.1 Å². The fraction of sp³-hybridized carbons (Fsp3) is 0.250. The van der Waals surface area contributed by atoms with Crippen LogP contribution >= 0.6 is 12.2 Å². The summed E-state index contributed by atoms with van der Waals surface area (Å²) in [6.07, 6.45) is 2.53. The van der Waals surface area contributed by atoms with Gasteiger partial charge in [-0.15, -0.1) is 10.2 Å². The lowest BCUT2D eigenvalue weighted by molar-refractivity contribution is 0.553. The van der Waals surface area contributed by atoms with Crippen LogP contribution in [-0.4, -0.2) is 15.2 Å². The number of nitrogens with zero attached hydrogens (tertiary/aromatic N) is 2. The molecule has 0 fully saturated rings. The molecule has 2 N–H and O–H groups in total. The highest BCUT2D eigenvalue weighted by Gasteiger charge is 1.60. The van der Waals surface area contributed by atoms with E-state index in [1.54, 1.807) is 6.92 Å². The zero-order valence-electron chi connectivity index (χ0n) is 4.94. The topological polar surface area (TPSA) is 64.9 Å². The lowest BCUT2D eigenvalue weighted by atomic mass is 10.8. The van der Waals surface area contributed by atoms with Crippen molar-refractivity contribution in [1.29, 1.82) is 0 Å². The van der Waals surface area contributed by atoms with Crippen molar-refractivity contribution in [1.82, 2.24) is 10.2 Å². The first kappa shape index (κ1) is 8.03. The van der Waals surface area contributed by atoms with Crippen molar-refractivity contribution in [2.45, 2.75) is 6.92 Å². The third kappa shape index (κ3) is 11.0. The summed E-state index contributed by atoms with van der Waals surface area (Å²) < 4.78 is 4.36. The average Bonchev–Trinajstić information content (AvgIpc) is 2.11. The standard InChI is InChI=1S/C2H2N2O.C2H5NS/c1-3-4-2-5-1;1-2(3)4/h1-2H;1H3,(H2,3,4). The number of hydrogen-bond acceptors (Lipinski definition) is 4. The van der Waals surface area contributed by atoms with Gasteiger partial charge in [0.15, 0.2) is 0 Å². The van der Waals surface area contributed by atoms with E-state index in [-0.39, 0.29) is 0 Å². The van der Waals surface area contributed by atoms with Gasteiger partial charge in [-0.25, -0.2) is 0 Å². The number of rotatable bonds is 0. The summed E-state index contributed by atoms with van der Waals surface area (Å²) >= 11 is 4.31. The van der Waals surface area contributed by atoms with Gasteiger partial charge in [0.2, 0.25) is 12.8 Å². The second-order valence-corrected chi connectivity index (χ2v) is 1.83. The Morgan fingerprint density at radius 2 is 1.89 bits per heavy atom. The Balaban J connectivity index is 0.000000148. The fourth-order valence-electron chi connectivity index (χ4n) is 0.136. The molecule has 1 aromatic heterocycles. The minimum atomic E-state index is 0.500. The van der Waals surface area contributed by atoms with E-state index >= 15 is 0 Å². The molecule has 0 atom stereocenters. The van der Waals surface area contributed by atoms with Gasteiger partial charge in [0.1, 0.15) is 0 Å². The van der Waals surface area contributed by atoms with Crippen molar-refractivity contribution < 1.29 is 4.42 Å². The van der Waals surface area contributed by atoms with Gasteiger partial charge in [0, 0.05) is 0 Å². The molecule has 0 aliphatic heterocycles. The molecule has 0 aliphatic rings. The number of hydrogen-bond donors (Lipinski definition) is 1. The Hall–Kier alpha value is -0.970. The normalized spacial score (nSPS) is 7.22. The number of nitrogens with two attached hydrogens (primary N) is 1. The van der Waals surface area contributed by atoms with Crippen LogP contribution in [0.4, 0.5) is 0 Å². The first-order valence-electron chi connectivity index (χ1n) is 2.18. The molecule has 0 radical (unpaired) electrons. The summed E-state index contributed by atoms with van der Waals surface area (Å²) in [6.45, 7) is 1.68.